The Labute approximate surface area is 151 Å². The number of amides is 1. The van der Waals surface area contributed by atoms with Crippen molar-refractivity contribution in [3.8, 4) is 11.3 Å². The lowest BCUT2D eigenvalue weighted by Gasteiger charge is -2.15. The zero-order valence-corrected chi connectivity index (χ0v) is 14.5. The predicted molar refractivity (Wildman–Crippen MR) is 100 cm³/mol. The van der Waals surface area contributed by atoms with Crippen molar-refractivity contribution in [2.45, 2.75) is 13.0 Å². The van der Waals surface area contributed by atoms with Gasteiger partial charge in [0.15, 0.2) is 5.76 Å². The summed E-state index contributed by atoms with van der Waals surface area (Å²) >= 11 is 0. The van der Waals surface area contributed by atoms with E-state index in [1.807, 2.05) is 66.9 Å². The highest BCUT2D eigenvalue weighted by Gasteiger charge is 2.15. The van der Waals surface area contributed by atoms with Crippen molar-refractivity contribution in [2.24, 2.45) is 0 Å². The molecule has 2 heterocycles. The minimum atomic E-state index is 0.0346. The van der Waals surface area contributed by atoms with Gasteiger partial charge in [0.05, 0.1) is 13.0 Å². The molecule has 0 saturated carbocycles. The normalized spacial score (nSPS) is 11.0. The molecule has 0 radical (unpaired) electrons. The van der Waals surface area contributed by atoms with Crippen molar-refractivity contribution in [2.75, 3.05) is 7.05 Å². The topological polar surface area (TPSA) is 62.1 Å². The van der Waals surface area contributed by atoms with E-state index in [2.05, 4.69) is 10.1 Å². The molecule has 0 unspecified atom stereocenters. The van der Waals surface area contributed by atoms with Gasteiger partial charge in [-0.2, -0.15) is 0 Å². The molecule has 5 nitrogen and oxygen atoms in total. The molecular weight excluding hydrogens is 326 g/mol. The summed E-state index contributed by atoms with van der Waals surface area (Å²) in [5.41, 5.74) is 3.81. The standard InChI is InChI=1S/C21H19N3O2/c1-24(14-17-12-20(23-26-17)15-7-3-2-4-8-15)21(25)11-16-13-22-19-10-6-5-9-18(16)19/h2-10,12-13,22H,11,14H2,1H3. The number of likely N-dealkylation sites (N-methyl/N-ethyl adjacent to an activating group) is 1. The van der Waals surface area contributed by atoms with Gasteiger partial charge in [-0.15, -0.1) is 0 Å². The first-order chi connectivity index (χ1) is 12.7. The second-order valence-electron chi connectivity index (χ2n) is 6.33. The van der Waals surface area contributed by atoms with E-state index in [-0.39, 0.29) is 5.91 Å². The SMILES string of the molecule is CN(Cc1cc(-c2ccccc2)no1)C(=O)Cc1c[nH]c2ccccc12. The number of aromatic nitrogens is 2. The molecule has 0 aliphatic heterocycles. The van der Waals surface area contributed by atoms with Crippen LogP contribution in [0.1, 0.15) is 11.3 Å². The van der Waals surface area contributed by atoms with E-state index in [1.54, 1.807) is 11.9 Å². The van der Waals surface area contributed by atoms with E-state index in [9.17, 15) is 4.79 Å². The van der Waals surface area contributed by atoms with E-state index >= 15 is 0 Å². The van der Waals surface area contributed by atoms with Crippen molar-refractivity contribution < 1.29 is 9.32 Å². The van der Waals surface area contributed by atoms with Crippen LogP contribution < -0.4 is 0 Å². The molecule has 4 rings (SSSR count). The number of hydrogen-bond donors (Lipinski definition) is 1. The summed E-state index contributed by atoms with van der Waals surface area (Å²) in [5, 5.41) is 5.18. The van der Waals surface area contributed by atoms with E-state index in [0.29, 0.717) is 18.7 Å². The zero-order chi connectivity index (χ0) is 17.9. The summed E-state index contributed by atoms with van der Waals surface area (Å²) in [5.74, 6) is 0.700. The molecular formula is C21H19N3O2. The van der Waals surface area contributed by atoms with E-state index in [0.717, 1.165) is 27.7 Å². The second kappa shape index (κ2) is 6.88. The second-order valence-corrected chi connectivity index (χ2v) is 6.33. The monoisotopic (exact) mass is 345 g/mol. The van der Waals surface area contributed by atoms with Gasteiger partial charge >= 0.3 is 0 Å². The number of carbonyl (C=O) groups is 1. The van der Waals surface area contributed by atoms with Gasteiger partial charge in [0.1, 0.15) is 5.69 Å². The molecule has 4 aromatic rings. The molecule has 0 aliphatic rings. The third-order valence-electron chi connectivity index (χ3n) is 4.46. The predicted octanol–water partition coefficient (Wildman–Crippen LogP) is 4.02. The van der Waals surface area contributed by atoms with Crippen LogP contribution in [0.15, 0.2) is 71.4 Å². The van der Waals surface area contributed by atoms with Crippen LogP contribution in [0, 0.1) is 0 Å². The molecule has 2 aromatic carbocycles. The Balaban J connectivity index is 1.44. The number of benzene rings is 2. The Hall–Kier alpha value is -3.34. The number of carbonyl (C=O) groups excluding carboxylic acids is 1. The Morgan fingerprint density at radius 3 is 2.73 bits per heavy atom. The highest BCUT2D eigenvalue weighted by Crippen LogP contribution is 2.21. The van der Waals surface area contributed by atoms with Crippen molar-refractivity contribution in [1.82, 2.24) is 15.0 Å². The molecule has 1 N–H and O–H groups in total. The summed E-state index contributed by atoms with van der Waals surface area (Å²) in [7, 11) is 1.78. The lowest BCUT2D eigenvalue weighted by molar-refractivity contribution is -0.129. The maximum atomic E-state index is 12.6. The summed E-state index contributed by atoms with van der Waals surface area (Å²) in [6.07, 6.45) is 2.25. The van der Waals surface area contributed by atoms with Crippen molar-refractivity contribution in [1.29, 1.82) is 0 Å². The van der Waals surface area contributed by atoms with E-state index in [1.165, 1.54) is 0 Å². The molecule has 5 heteroatoms. The number of aromatic amines is 1. The van der Waals surface area contributed by atoms with Crippen LogP contribution >= 0.6 is 0 Å². The minimum absolute atomic E-state index is 0.0346. The Morgan fingerprint density at radius 2 is 1.88 bits per heavy atom. The van der Waals surface area contributed by atoms with Crippen LogP contribution in [0.5, 0.6) is 0 Å². The van der Waals surface area contributed by atoms with Crippen LogP contribution in [0.4, 0.5) is 0 Å². The van der Waals surface area contributed by atoms with Crippen LogP contribution in [-0.4, -0.2) is 28.0 Å². The maximum Gasteiger partial charge on any atom is 0.227 e. The number of fused-ring (bicyclic) bond motifs is 1. The van der Waals surface area contributed by atoms with E-state index in [4.69, 9.17) is 4.52 Å². The Bertz CT molecular complexity index is 1030. The fourth-order valence-electron chi connectivity index (χ4n) is 3.03. The van der Waals surface area contributed by atoms with Gasteiger partial charge in [-0.05, 0) is 11.6 Å². The highest BCUT2D eigenvalue weighted by atomic mass is 16.5. The van der Waals surface area contributed by atoms with Crippen LogP contribution in [0.3, 0.4) is 0 Å². The molecule has 0 aliphatic carbocycles. The maximum absolute atomic E-state index is 12.6. The number of H-pyrrole nitrogens is 1. The molecule has 26 heavy (non-hydrogen) atoms. The first-order valence-electron chi connectivity index (χ1n) is 8.50. The minimum Gasteiger partial charge on any atom is -0.361 e. The van der Waals surface area contributed by atoms with Gasteiger partial charge in [0.25, 0.3) is 0 Å². The van der Waals surface area contributed by atoms with Crippen molar-refractivity contribution in [3.05, 3.63) is 78.2 Å². The average molecular weight is 345 g/mol. The lowest BCUT2D eigenvalue weighted by atomic mass is 10.1. The number of rotatable bonds is 5. The fourth-order valence-corrected chi connectivity index (χ4v) is 3.03. The molecule has 2 aromatic heterocycles. The van der Waals surface area contributed by atoms with Crippen molar-refractivity contribution in [3.63, 3.8) is 0 Å². The summed E-state index contributed by atoms with van der Waals surface area (Å²) in [6, 6.07) is 19.7. The van der Waals surface area contributed by atoms with Gasteiger partial charge in [0, 0.05) is 35.8 Å². The summed E-state index contributed by atoms with van der Waals surface area (Å²) in [4.78, 5) is 17.5. The smallest absolute Gasteiger partial charge is 0.227 e. The highest BCUT2D eigenvalue weighted by molar-refractivity contribution is 5.88. The molecule has 0 bridgehead atoms. The molecule has 0 fully saturated rings. The Morgan fingerprint density at radius 1 is 1.12 bits per heavy atom. The van der Waals surface area contributed by atoms with Gasteiger partial charge in [0.2, 0.25) is 5.91 Å². The average Bonchev–Trinajstić information content (AvgIpc) is 3.30. The molecule has 0 saturated heterocycles. The van der Waals surface area contributed by atoms with E-state index < -0.39 is 0 Å². The first-order valence-corrected chi connectivity index (χ1v) is 8.50. The summed E-state index contributed by atoms with van der Waals surface area (Å²) < 4.78 is 5.40. The third-order valence-corrected chi connectivity index (χ3v) is 4.46. The number of nitrogens with one attached hydrogen (secondary N) is 1. The number of nitrogens with zero attached hydrogens (tertiary/aromatic N) is 2. The molecule has 130 valence electrons. The van der Waals surface area contributed by atoms with Gasteiger partial charge in [-0.25, -0.2) is 0 Å². The Kier molecular flexibility index (Phi) is 4.27. The van der Waals surface area contributed by atoms with Gasteiger partial charge in [-0.3, -0.25) is 4.79 Å². The zero-order valence-electron chi connectivity index (χ0n) is 14.5. The van der Waals surface area contributed by atoms with Crippen LogP contribution in [0.2, 0.25) is 0 Å². The van der Waals surface area contributed by atoms with Crippen LogP contribution in [0.25, 0.3) is 22.2 Å². The molecule has 0 spiro atoms. The lowest BCUT2D eigenvalue weighted by Crippen LogP contribution is -2.27. The number of hydrogen-bond acceptors (Lipinski definition) is 3. The number of para-hydroxylation sites is 1. The van der Waals surface area contributed by atoms with Gasteiger partial charge in [-0.1, -0.05) is 53.7 Å². The fraction of sp³-hybridized carbons (Fsp3) is 0.143. The summed E-state index contributed by atoms with van der Waals surface area (Å²) in [6.45, 7) is 0.390. The quantitative estimate of drug-likeness (QED) is 0.594. The third kappa shape index (κ3) is 3.24. The molecule has 1 amide bonds. The molecule has 0 atom stereocenters. The van der Waals surface area contributed by atoms with Crippen molar-refractivity contribution >= 4 is 16.8 Å². The largest absolute Gasteiger partial charge is 0.361 e. The first kappa shape index (κ1) is 16.1. The van der Waals surface area contributed by atoms with Gasteiger partial charge < -0.3 is 14.4 Å². The van der Waals surface area contributed by atoms with Crippen LogP contribution in [-0.2, 0) is 17.8 Å².